The first-order valence-electron chi connectivity index (χ1n) is 27.2. The zero-order valence-corrected chi connectivity index (χ0v) is 42.5. The van der Waals surface area contributed by atoms with Crippen molar-refractivity contribution in [2.75, 3.05) is 9.80 Å². The molecule has 0 saturated carbocycles. The molecule has 9 heteroatoms. The third-order valence-electron chi connectivity index (χ3n) is 17.1. The van der Waals surface area contributed by atoms with Crippen LogP contribution in [0, 0.1) is 0 Å². The van der Waals surface area contributed by atoms with E-state index in [1.165, 1.54) is 32.5 Å². The van der Waals surface area contributed by atoms with E-state index in [1.54, 1.807) is 0 Å². The van der Waals surface area contributed by atoms with Crippen LogP contribution < -0.4 is 52.3 Å². The van der Waals surface area contributed by atoms with E-state index >= 15 is 0 Å². The SMILES string of the molecule is c1ccc(N(c2ccccc2)c2ccc3c(c2)-n2c4ccccc4c4ccc5c(c42)B3c2c(c3c(n2-c2ccccc2)B2c4ccc(N(c6ccccc6)c6ccccc6)cc4-n4c6ccccc6c6ccc(c2c64)O3)O5)cc1. The molecule has 7 nitrogen and oxygen atoms in total. The van der Waals surface area contributed by atoms with Gasteiger partial charge < -0.3 is 33.0 Å². The molecule has 11 aromatic carbocycles. The van der Waals surface area contributed by atoms with Crippen LogP contribution in [0.25, 0.3) is 60.7 Å². The fourth-order valence-corrected chi connectivity index (χ4v) is 14.0. The van der Waals surface area contributed by atoms with Crippen LogP contribution in [0.5, 0.6) is 23.0 Å². The van der Waals surface area contributed by atoms with E-state index in [-0.39, 0.29) is 13.4 Å². The molecule has 79 heavy (non-hydrogen) atoms. The molecule has 4 aliphatic rings. The van der Waals surface area contributed by atoms with Gasteiger partial charge in [-0.2, -0.15) is 0 Å². The highest BCUT2D eigenvalue weighted by Gasteiger charge is 2.51. The van der Waals surface area contributed by atoms with Gasteiger partial charge in [-0.05, 0) is 143 Å². The molecule has 366 valence electrons. The zero-order valence-electron chi connectivity index (χ0n) is 42.5. The zero-order chi connectivity index (χ0) is 51.4. The molecule has 0 saturated heterocycles. The van der Waals surface area contributed by atoms with Gasteiger partial charge in [0.05, 0.1) is 22.1 Å². The second kappa shape index (κ2) is 16.1. The monoisotopic (exact) mass is 1010 g/mol. The van der Waals surface area contributed by atoms with Crippen LogP contribution >= 0.6 is 0 Å². The third-order valence-corrected chi connectivity index (χ3v) is 17.1. The minimum atomic E-state index is -0.245. The molecule has 0 radical (unpaired) electrons. The quantitative estimate of drug-likeness (QED) is 0.149. The number of nitrogens with zero attached hydrogens (tertiary/aromatic N) is 5. The maximum atomic E-state index is 7.55. The average Bonchev–Trinajstić information content (AvgIpc) is 2.96. The van der Waals surface area contributed by atoms with Gasteiger partial charge >= 0.3 is 0 Å². The number of rotatable bonds is 7. The van der Waals surface area contributed by atoms with Crippen molar-refractivity contribution in [1.82, 2.24) is 13.7 Å². The van der Waals surface area contributed by atoms with Gasteiger partial charge in [0, 0.05) is 83.9 Å². The Hall–Kier alpha value is -10.4. The minimum Gasteiger partial charge on any atom is -0.453 e. The second-order valence-corrected chi connectivity index (χ2v) is 21.1. The number of fused-ring (bicyclic) bond motifs is 17. The van der Waals surface area contributed by atoms with Crippen LogP contribution in [0.2, 0.25) is 0 Å². The van der Waals surface area contributed by atoms with Gasteiger partial charge in [0.25, 0.3) is 13.4 Å². The van der Waals surface area contributed by atoms with Gasteiger partial charge in [0.2, 0.25) is 0 Å². The molecule has 0 spiro atoms. The summed E-state index contributed by atoms with van der Waals surface area (Å²) in [4.78, 5) is 4.73. The van der Waals surface area contributed by atoms with Crippen molar-refractivity contribution in [1.29, 1.82) is 0 Å². The first-order chi connectivity index (χ1) is 39.2. The summed E-state index contributed by atoms with van der Waals surface area (Å²) < 4.78 is 22.6. The van der Waals surface area contributed by atoms with Crippen LogP contribution in [0.4, 0.5) is 34.1 Å². The van der Waals surface area contributed by atoms with Crippen molar-refractivity contribution in [2.45, 2.75) is 0 Å². The molecule has 0 bridgehead atoms. The number of aromatic nitrogens is 3. The smallest absolute Gasteiger partial charge is 0.277 e. The fourth-order valence-electron chi connectivity index (χ4n) is 14.0. The lowest BCUT2D eigenvalue weighted by Crippen LogP contribution is -2.63. The van der Waals surface area contributed by atoms with Crippen LogP contribution in [0.3, 0.4) is 0 Å². The lowest BCUT2D eigenvalue weighted by molar-refractivity contribution is 0.427. The summed E-state index contributed by atoms with van der Waals surface area (Å²) in [6, 6.07) is 94.5. The van der Waals surface area contributed by atoms with E-state index in [1.807, 2.05) is 0 Å². The molecule has 0 atom stereocenters. The van der Waals surface area contributed by atoms with Gasteiger partial charge in [0.1, 0.15) is 11.5 Å². The van der Waals surface area contributed by atoms with Crippen LogP contribution in [-0.2, 0) is 0 Å². The molecule has 3 aromatic heterocycles. The maximum Gasteiger partial charge on any atom is 0.277 e. The number of para-hydroxylation sites is 7. The van der Waals surface area contributed by atoms with Gasteiger partial charge in [0.15, 0.2) is 11.5 Å². The highest BCUT2D eigenvalue weighted by molar-refractivity contribution is 7.02. The lowest BCUT2D eigenvalue weighted by atomic mass is 9.35. The van der Waals surface area contributed by atoms with Gasteiger partial charge in [-0.15, -0.1) is 0 Å². The Morgan fingerprint density at radius 2 is 0.671 bits per heavy atom. The number of hydrogen-bond acceptors (Lipinski definition) is 4. The number of hydrogen-bond donors (Lipinski definition) is 0. The molecular formula is C70H43B2N5O2. The summed E-state index contributed by atoms with van der Waals surface area (Å²) in [5, 5.41) is 4.81. The van der Waals surface area contributed by atoms with Crippen molar-refractivity contribution < 1.29 is 9.47 Å². The lowest BCUT2D eigenvalue weighted by Gasteiger charge is -2.34. The van der Waals surface area contributed by atoms with E-state index in [0.29, 0.717) is 0 Å². The summed E-state index contributed by atoms with van der Waals surface area (Å²) in [5.41, 5.74) is 21.3. The highest BCUT2D eigenvalue weighted by atomic mass is 16.5. The van der Waals surface area contributed by atoms with E-state index < -0.39 is 0 Å². The van der Waals surface area contributed by atoms with Crippen molar-refractivity contribution >= 4 is 124 Å². The largest absolute Gasteiger partial charge is 0.453 e. The first-order valence-corrected chi connectivity index (χ1v) is 27.2. The summed E-state index contributed by atoms with van der Waals surface area (Å²) in [7, 11) is 0. The molecule has 0 amide bonds. The molecule has 18 rings (SSSR count). The number of ether oxygens (including phenoxy) is 2. The Morgan fingerprint density at radius 3 is 1.08 bits per heavy atom. The number of benzene rings is 11. The molecule has 0 aliphatic carbocycles. The first kappa shape index (κ1) is 42.8. The second-order valence-electron chi connectivity index (χ2n) is 21.1. The summed E-state index contributed by atoms with van der Waals surface area (Å²) in [6.07, 6.45) is 0. The Kier molecular flexibility index (Phi) is 8.72. The molecular weight excluding hydrogens is 964 g/mol. The van der Waals surface area contributed by atoms with E-state index in [9.17, 15) is 0 Å². The van der Waals surface area contributed by atoms with Gasteiger partial charge in [-0.25, -0.2) is 0 Å². The Morgan fingerprint density at radius 1 is 0.304 bits per heavy atom. The fraction of sp³-hybridized carbons (Fsp3) is 0. The number of anilines is 6. The van der Waals surface area contributed by atoms with Crippen molar-refractivity contribution in [3.05, 3.63) is 261 Å². The van der Waals surface area contributed by atoms with Crippen molar-refractivity contribution in [2.24, 2.45) is 0 Å². The predicted molar refractivity (Wildman–Crippen MR) is 326 cm³/mol. The van der Waals surface area contributed by atoms with Gasteiger partial charge in [-0.1, -0.05) is 140 Å². The normalized spacial score (nSPS) is 13.0. The molecule has 0 unspecified atom stereocenters. The maximum absolute atomic E-state index is 7.55. The van der Waals surface area contributed by atoms with Crippen LogP contribution in [-0.4, -0.2) is 27.1 Å². The summed E-state index contributed by atoms with van der Waals surface area (Å²) >= 11 is 0. The van der Waals surface area contributed by atoms with Gasteiger partial charge in [-0.3, -0.25) is 0 Å². The molecule has 7 heterocycles. The van der Waals surface area contributed by atoms with E-state index in [0.717, 1.165) is 118 Å². The third kappa shape index (κ3) is 5.82. The molecule has 4 aliphatic heterocycles. The van der Waals surface area contributed by atoms with E-state index in [4.69, 9.17) is 9.47 Å². The summed E-state index contributed by atoms with van der Waals surface area (Å²) in [6.45, 7) is -0.491. The molecule has 14 aromatic rings. The Balaban J connectivity index is 0.934. The van der Waals surface area contributed by atoms with Crippen LogP contribution in [0.1, 0.15) is 0 Å². The minimum absolute atomic E-state index is 0.245. The van der Waals surface area contributed by atoms with Crippen molar-refractivity contribution in [3.63, 3.8) is 0 Å². The topological polar surface area (TPSA) is 39.7 Å². The average molecular weight is 1010 g/mol. The Bertz CT molecular complexity index is 4500. The molecule has 0 fully saturated rings. The Labute approximate surface area is 455 Å². The summed E-state index contributed by atoms with van der Waals surface area (Å²) in [5.74, 6) is 3.18. The van der Waals surface area contributed by atoms with E-state index in [2.05, 4.69) is 284 Å². The van der Waals surface area contributed by atoms with Crippen molar-refractivity contribution in [3.8, 4) is 40.1 Å². The molecule has 0 N–H and O–H groups in total. The van der Waals surface area contributed by atoms with Crippen LogP contribution in [0.15, 0.2) is 261 Å². The standard InChI is InChI=1S/C70H43B2N5O2/c1-6-20-44(21-7-1)73(45-22-8-2-9-23-45)49-34-38-55-59(42-49)76-57-32-18-16-30-51(57)53-36-40-61-63(65(53)76)71(55)69-67(78-61)68-70(75(69)48-28-14-5-15-29-48)72-56-39-35-50(74(46-24-10-3-11-25-46)47-26-12-4-13-27-47)43-60(56)77-58-33-19-17-31-52(58)54-37-41-62(79-68)64(72)66(54)77/h1-43H. The highest BCUT2D eigenvalue weighted by Crippen LogP contribution is 2.47. The predicted octanol–water partition coefficient (Wildman–Crippen LogP) is 13.5.